The van der Waals surface area contributed by atoms with Gasteiger partial charge in [0.15, 0.2) is 11.5 Å². The summed E-state index contributed by atoms with van der Waals surface area (Å²) >= 11 is 9.99. The van der Waals surface area contributed by atoms with E-state index in [1.807, 2.05) is 38.2 Å². The van der Waals surface area contributed by atoms with Gasteiger partial charge in [-0.1, -0.05) is 40.5 Å². The summed E-state index contributed by atoms with van der Waals surface area (Å²) in [7, 11) is 5.17. The zero-order valence-electron chi connectivity index (χ0n) is 21.5. The second-order valence-electron chi connectivity index (χ2n) is 9.23. The highest BCUT2D eigenvalue weighted by atomic mass is 79.9. The maximum Gasteiger partial charge on any atom is 0.220 e. The Balaban J connectivity index is 1.52. The van der Waals surface area contributed by atoms with Gasteiger partial charge in [-0.3, -0.25) is 4.79 Å². The van der Waals surface area contributed by atoms with Gasteiger partial charge in [0.25, 0.3) is 0 Å². The van der Waals surface area contributed by atoms with Gasteiger partial charge in [-0.05, 0) is 55.5 Å². The molecule has 0 radical (unpaired) electrons. The highest BCUT2D eigenvalue weighted by Crippen LogP contribution is 2.38. The molecular formula is C27H35BrClN3O4. The van der Waals surface area contributed by atoms with E-state index in [2.05, 4.69) is 44.2 Å². The van der Waals surface area contributed by atoms with Crippen LogP contribution in [-0.2, 0) is 17.8 Å². The molecule has 1 amide bonds. The van der Waals surface area contributed by atoms with Gasteiger partial charge in [0, 0.05) is 41.9 Å². The fourth-order valence-electron chi connectivity index (χ4n) is 4.39. The van der Waals surface area contributed by atoms with Crippen LogP contribution >= 0.6 is 27.5 Å². The van der Waals surface area contributed by atoms with Crippen molar-refractivity contribution in [3.63, 3.8) is 0 Å². The van der Waals surface area contributed by atoms with Crippen molar-refractivity contribution in [3.8, 4) is 17.2 Å². The van der Waals surface area contributed by atoms with Crippen molar-refractivity contribution in [3.05, 3.63) is 62.9 Å². The van der Waals surface area contributed by atoms with Crippen molar-refractivity contribution in [1.82, 2.24) is 15.1 Å². The number of rotatable bonds is 11. The number of methoxy groups -OCH3 is 2. The van der Waals surface area contributed by atoms with Crippen molar-refractivity contribution < 1.29 is 19.4 Å². The van der Waals surface area contributed by atoms with Crippen molar-refractivity contribution in [2.45, 2.75) is 45.8 Å². The Morgan fingerprint density at radius 2 is 1.97 bits per heavy atom. The van der Waals surface area contributed by atoms with Crippen molar-refractivity contribution in [2.75, 3.05) is 27.8 Å². The summed E-state index contributed by atoms with van der Waals surface area (Å²) in [5.74, 6) is 1.67. The molecule has 3 rings (SSSR count). The predicted molar refractivity (Wildman–Crippen MR) is 146 cm³/mol. The van der Waals surface area contributed by atoms with Gasteiger partial charge < -0.3 is 29.7 Å². The summed E-state index contributed by atoms with van der Waals surface area (Å²) in [6, 6.07) is 9.21. The number of hydrogen-bond donors (Lipinski definition) is 2. The van der Waals surface area contributed by atoms with E-state index in [1.165, 1.54) is 0 Å². The Bertz CT molecular complexity index is 1110. The lowest BCUT2D eigenvalue weighted by atomic mass is 9.96. The summed E-state index contributed by atoms with van der Waals surface area (Å²) in [6.07, 6.45) is 3.94. The quantitative estimate of drug-likeness (QED) is 0.364. The lowest BCUT2D eigenvalue weighted by molar-refractivity contribution is -0.121. The number of halogens is 2. The first-order chi connectivity index (χ1) is 17.1. The van der Waals surface area contributed by atoms with E-state index < -0.39 is 0 Å². The first-order valence-corrected chi connectivity index (χ1v) is 13.1. The van der Waals surface area contributed by atoms with Crippen LogP contribution in [0.1, 0.15) is 37.8 Å². The molecule has 2 N–H and O–H groups in total. The van der Waals surface area contributed by atoms with Gasteiger partial charge in [0.05, 0.1) is 25.8 Å². The molecule has 0 bridgehead atoms. The van der Waals surface area contributed by atoms with Crippen LogP contribution in [0.15, 0.2) is 46.7 Å². The SMILES string of the molecule is COc1ccc(CC(C)CCC(=O)NCC2N(Cc3cc(Br)ccc3O)C=C(C)N2C)c(Cl)c1OC. The van der Waals surface area contributed by atoms with E-state index in [0.717, 1.165) is 34.1 Å². The van der Waals surface area contributed by atoms with E-state index in [9.17, 15) is 9.90 Å². The van der Waals surface area contributed by atoms with Crippen LogP contribution in [0.4, 0.5) is 0 Å². The average Bonchev–Trinajstić information content (AvgIpc) is 3.11. The van der Waals surface area contributed by atoms with Gasteiger partial charge in [-0.2, -0.15) is 0 Å². The molecule has 2 aromatic rings. The molecule has 1 aliphatic rings. The van der Waals surface area contributed by atoms with E-state index in [4.69, 9.17) is 21.1 Å². The summed E-state index contributed by atoms with van der Waals surface area (Å²) in [5, 5.41) is 13.9. The molecule has 2 atom stereocenters. The van der Waals surface area contributed by atoms with Crippen LogP contribution in [0.3, 0.4) is 0 Å². The first-order valence-electron chi connectivity index (χ1n) is 11.9. The Labute approximate surface area is 227 Å². The van der Waals surface area contributed by atoms with Crippen LogP contribution < -0.4 is 14.8 Å². The Kier molecular flexibility index (Phi) is 9.79. The number of benzene rings is 2. The molecule has 7 nitrogen and oxygen atoms in total. The van der Waals surface area contributed by atoms with Gasteiger partial charge in [-0.25, -0.2) is 0 Å². The standard InChI is InChI=1S/C27H35BrClN3O4/c1-17(12-19-7-10-23(35-4)27(36-5)26(19)29)6-11-24(34)30-14-25-31(3)18(2)15-32(25)16-20-13-21(28)8-9-22(20)33/h7-10,13,15,17,25,33H,6,11-12,14,16H2,1-5H3,(H,30,34). The molecule has 36 heavy (non-hydrogen) atoms. The number of likely N-dealkylation sites (N-methyl/N-ethyl adjacent to an activating group) is 1. The van der Waals surface area contributed by atoms with Crippen molar-refractivity contribution >= 4 is 33.4 Å². The molecule has 0 aromatic heterocycles. The van der Waals surface area contributed by atoms with E-state index in [0.29, 0.717) is 36.0 Å². The minimum Gasteiger partial charge on any atom is -0.508 e. The second kappa shape index (κ2) is 12.6. The minimum atomic E-state index is -0.0321. The van der Waals surface area contributed by atoms with Crippen LogP contribution in [0.25, 0.3) is 0 Å². The molecule has 196 valence electrons. The normalized spacial score (nSPS) is 16.1. The number of allylic oxidation sites excluding steroid dienone is 1. The Hall–Kier alpha value is -2.58. The monoisotopic (exact) mass is 579 g/mol. The topological polar surface area (TPSA) is 74.3 Å². The maximum atomic E-state index is 12.7. The second-order valence-corrected chi connectivity index (χ2v) is 10.5. The zero-order chi connectivity index (χ0) is 26.4. The number of carbonyl (C=O) groups excluding carboxylic acids is 1. The number of nitrogens with zero attached hydrogens (tertiary/aromatic N) is 2. The van der Waals surface area contributed by atoms with Crippen LogP contribution in [-0.4, -0.2) is 54.8 Å². The molecule has 9 heteroatoms. The fraction of sp³-hybridized carbons (Fsp3) is 0.444. The van der Waals surface area contributed by atoms with Crippen LogP contribution in [0.2, 0.25) is 5.02 Å². The van der Waals surface area contributed by atoms with Crippen molar-refractivity contribution in [1.29, 1.82) is 0 Å². The van der Waals surface area contributed by atoms with Crippen LogP contribution in [0.5, 0.6) is 17.2 Å². The molecule has 0 fully saturated rings. The van der Waals surface area contributed by atoms with E-state index in [1.54, 1.807) is 20.3 Å². The number of aromatic hydroxyl groups is 1. The van der Waals surface area contributed by atoms with Crippen LogP contribution in [0, 0.1) is 5.92 Å². The smallest absolute Gasteiger partial charge is 0.220 e. The molecule has 1 aliphatic heterocycles. The summed E-state index contributed by atoms with van der Waals surface area (Å²) < 4.78 is 11.6. The molecule has 1 heterocycles. The van der Waals surface area contributed by atoms with E-state index in [-0.39, 0.29) is 23.7 Å². The molecular weight excluding hydrogens is 546 g/mol. The lowest BCUT2D eigenvalue weighted by Crippen LogP contribution is -2.46. The molecule has 0 saturated carbocycles. The summed E-state index contributed by atoms with van der Waals surface area (Å²) in [6.45, 7) is 5.17. The Morgan fingerprint density at radius 1 is 1.22 bits per heavy atom. The van der Waals surface area contributed by atoms with Gasteiger partial charge in [-0.15, -0.1) is 0 Å². The maximum absolute atomic E-state index is 12.7. The van der Waals surface area contributed by atoms with E-state index >= 15 is 0 Å². The predicted octanol–water partition coefficient (Wildman–Crippen LogP) is 5.54. The fourth-order valence-corrected chi connectivity index (χ4v) is 5.11. The van der Waals surface area contributed by atoms with Gasteiger partial charge >= 0.3 is 0 Å². The Morgan fingerprint density at radius 3 is 2.67 bits per heavy atom. The number of carbonyl (C=O) groups is 1. The molecule has 0 spiro atoms. The zero-order valence-corrected chi connectivity index (χ0v) is 23.8. The number of phenols is 1. The molecule has 0 saturated heterocycles. The highest BCUT2D eigenvalue weighted by Gasteiger charge is 2.28. The van der Waals surface area contributed by atoms with Gasteiger partial charge in [0.2, 0.25) is 5.91 Å². The molecule has 2 unspecified atom stereocenters. The number of ether oxygens (including phenoxy) is 2. The first kappa shape index (κ1) is 28.0. The molecule has 2 aromatic carbocycles. The minimum absolute atomic E-state index is 0.0171. The third kappa shape index (κ3) is 6.79. The number of phenolic OH excluding ortho intramolecular Hbond substituents is 1. The number of amides is 1. The highest BCUT2D eigenvalue weighted by molar-refractivity contribution is 9.10. The third-order valence-electron chi connectivity index (χ3n) is 6.61. The molecule has 0 aliphatic carbocycles. The number of hydrogen-bond acceptors (Lipinski definition) is 6. The lowest BCUT2D eigenvalue weighted by Gasteiger charge is -2.31. The largest absolute Gasteiger partial charge is 0.508 e. The third-order valence-corrected chi connectivity index (χ3v) is 7.52. The van der Waals surface area contributed by atoms with Gasteiger partial charge in [0.1, 0.15) is 11.9 Å². The summed E-state index contributed by atoms with van der Waals surface area (Å²) in [4.78, 5) is 17.0. The average molecular weight is 581 g/mol. The van der Waals surface area contributed by atoms with Crippen molar-refractivity contribution in [2.24, 2.45) is 5.92 Å². The summed E-state index contributed by atoms with van der Waals surface area (Å²) in [5.41, 5.74) is 2.90. The number of nitrogens with one attached hydrogen (secondary N) is 1.